The fourth-order valence-corrected chi connectivity index (χ4v) is 5.34. The van der Waals surface area contributed by atoms with Crippen LogP contribution in [0.1, 0.15) is 63.0 Å². The summed E-state index contributed by atoms with van der Waals surface area (Å²) in [6.45, 7) is 4.89. The van der Waals surface area contributed by atoms with Gasteiger partial charge in [0.15, 0.2) is 0 Å². The average Bonchev–Trinajstić information content (AvgIpc) is 3.06. The van der Waals surface area contributed by atoms with E-state index in [2.05, 4.69) is 40.2 Å². The minimum absolute atomic E-state index is 0.155. The summed E-state index contributed by atoms with van der Waals surface area (Å²) in [5.41, 5.74) is 2.50. The zero-order valence-corrected chi connectivity index (χ0v) is 17.2. The molecule has 1 aromatic carbocycles. The molecule has 6 nitrogen and oxygen atoms in total. The lowest BCUT2D eigenvalue weighted by molar-refractivity contribution is -0.137. The smallest absolute Gasteiger partial charge is 0.243 e. The molecule has 4 aliphatic rings. The quantitative estimate of drug-likeness (QED) is 0.792. The zero-order valence-electron chi connectivity index (χ0n) is 17.2. The van der Waals surface area contributed by atoms with Gasteiger partial charge in [0.2, 0.25) is 11.8 Å². The van der Waals surface area contributed by atoms with Gasteiger partial charge < -0.3 is 4.74 Å². The van der Waals surface area contributed by atoms with Crippen LogP contribution in [0.4, 0.5) is 0 Å². The van der Waals surface area contributed by atoms with Crippen molar-refractivity contribution < 1.29 is 14.3 Å². The molecule has 3 aliphatic heterocycles. The third kappa shape index (κ3) is 3.80. The number of nitrogens with zero attached hydrogens (tertiary/aromatic N) is 2. The summed E-state index contributed by atoms with van der Waals surface area (Å²) in [5, 5.41) is 2.48. The third-order valence-electron chi connectivity index (χ3n) is 7.31. The van der Waals surface area contributed by atoms with E-state index in [9.17, 15) is 9.59 Å². The Hall–Kier alpha value is -1.92. The van der Waals surface area contributed by atoms with Crippen LogP contribution in [0.25, 0.3) is 0 Å². The Morgan fingerprint density at radius 2 is 1.86 bits per heavy atom. The normalized spacial score (nSPS) is 31.3. The highest BCUT2D eigenvalue weighted by Crippen LogP contribution is 2.33. The number of hydrogen-bond donors (Lipinski definition) is 1. The standard InChI is InChI=1S/C23H31N3O3/c1-15-5-7-20(14-26(15)18-3-2-4-18)29-19-8-6-16-12-25(13-17(16)11-19)21-9-10-22(27)24-23(21)28/h6,8,11,15,18,20-21H,2-5,7,9-10,12-14H2,1H3,(H,24,27,28)/t15-,20+,21?/m0/s1. The van der Waals surface area contributed by atoms with Crippen molar-refractivity contribution in [3.05, 3.63) is 29.3 Å². The number of nitrogens with one attached hydrogen (secondary N) is 1. The summed E-state index contributed by atoms with van der Waals surface area (Å²) < 4.78 is 6.41. The van der Waals surface area contributed by atoms with E-state index in [0.29, 0.717) is 18.9 Å². The summed E-state index contributed by atoms with van der Waals surface area (Å²) in [5.74, 6) is 0.635. The predicted octanol–water partition coefficient (Wildman–Crippen LogP) is 2.59. The van der Waals surface area contributed by atoms with E-state index in [1.807, 2.05) is 0 Å². The Kier molecular flexibility index (Phi) is 5.08. The first-order chi connectivity index (χ1) is 14.1. The molecule has 2 amide bonds. The number of hydrogen-bond acceptors (Lipinski definition) is 5. The average molecular weight is 398 g/mol. The fraction of sp³-hybridized carbons (Fsp3) is 0.652. The molecule has 1 saturated carbocycles. The first kappa shape index (κ1) is 19.1. The van der Waals surface area contributed by atoms with Crippen LogP contribution in [0.15, 0.2) is 18.2 Å². The molecule has 6 heteroatoms. The van der Waals surface area contributed by atoms with Crippen LogP contribution in [0.5, 0.6) is 5.75 Å². The molecule has 29 heavy (non-hydrogen) atoms. The number of amides is 2. The number of imide groups is 1. The van der Waals surface area contributed by atoms with Crippen molar-refractivity contribution in [2.45, 2.75) is 89.2 Å². The molecule has 3 heterocycles. The van der Waals surface area contributed by atoms with Gasteiger partial charge in [-0.05, 0) is 62.3 Å². The second-order valence-corrected chi connectivity index (χ2v) is 9.25. The number of rotatable bonds is 4. The van der Waals surface area contributed by atoms with Crippen molar-refractivity contribution in [2.24, 2.45) is 0 Å². The summed E-state index contributed by atoms with van der Waals surface area (Å²) in [6, 6.07) is 7.61. The Labute approximate surface area is 172 Å². The minimum atomic E-state index is -0.208. The van der Waals surface area contributed by atoms with E-state index in [1.54, 1.807) is 0 Å². The maximum atomic E-state index is 12.2. The second-order valence-electron chi connectivity index (χ2n) is 9.25. The largest absolute Gasteiger partial charge is 0.489 e. The maximum Gasteiger partial charge on any atom is 0.243 e. The molecule has 2 saturated heterocycles. The van der Waals surface area contributed by atoms with Crippen LogP contribution in [0, 0.1) is 0 Å². The monoisotopic (exact) mass is 397 g/mol. The van der Waals surface area contributed by atoms with Crippen LogP contribution in [0.2, 0.25) is 0 Å². The van der Waals surface area contributed by atoms with Crippen LogP contribution in [0.3, 0.4) is 0 Å². The first-order valence-electron chi connectivity index (χ1n) is 11.2. The number of ether oxygens (including phenoxy) is 1. The molecule has 3 atom stereocenters. The Morgan fingerprint density at radius 1 is 1.03 bits per heavy atom. The number of piperidine rings is 2. The van der Waals surface area contributed by atoms with Gasteiger partial charge in [-0.1, -0.05) is 12.5 Å². The summed E-state index contributed by atoms with van der Waals surface area (Å²) in [6.07, 6.45) is 7.66. The van der Waals surface area contributed by atoms with Gasteiger partial charge in [0.25, 0.3) is 0 Å². The molecule has 1 unspecified atom stereocenters. The van der Waals surface area contributed by atoms with Crippen LogP contribution >= 0.6 is 0 Å². The van der Waals surface area contributed by atoms with E-state index in [0.717, 1.165) is 37.8 Å². The van der Waals surface area contributed by atoms with Gasteiger partial charge in [-0.2, -0.15) is 0 Å². The van der Waals surface area contributed by atoms with E-state index in [-0.39, 0.29) is 24.0 Å². The van der Waals surface area contributed by atoms with Crippen molar-refractivity contribution in [2.75, 3.05) is 6.54 Å². The van der Waals surface area contributed by atoms with Gasteiger partial charge in [0, 0.05) is 38.1 Å². The predicted molar refractivity (Wildman–Crippen MR) is 109 cm³/mol. The maximum absolute atomic E-state index is 12.2. The zero-order chi connectivity index (χ0) is 20.0. The summed E-state index contributed by atoms with van der Waals surface area (Å²) >= 11 is 0. The van der Waals surface area contributed by atoms with Crippen molar-refractivity contribution in [1.29, 1.82) is 0 Å². The molecule has 1 N–H and O–H groups in total. The van der Waals surface area contributed by atoms with E-state index in [1.165, 1.54) is 36.8 Å². The lowest BCUT2D eigenvalue weighted by Crippen LogP contribution is -2.53. The third-order valence-corrected chi connectivity index (χ3v) is 7.31. The Morgan fingerprint density at radius 3 is 2.62 bits per heavy atom. The number of carbonyl (C=O) groups is 2. The second kappa shape index (κ2) is 7.73. The fourth-order valence-electron chi connectivity index (χ4n) is 5.34. The van der Waals surface area contributed by atoms with Gasteiger partial charge in [-0.15, -0.1) is 0 Å². The number of benzene rings is 1. The van der Waals surface area contributed by atoms with Gasteiger partial charge in [-0.25, -0.2) is 0 Å². The SMILES string of the molecule is C[C@H]1CC[C@@H](Oc2ccc3c(c2)CN(C2CCC(=O)NC2=O)C3)CN1C1CCC1. The molecule has 3 fully saturated rings. The van der Waals surface area contributed by atoms with Crippen molar-refractivity contribution >= 4 is 11.8 Å². The molecular weight excluding hydrogens is 366 g/mol. The minimum Gasteiger partial charge on any atom is -0.489 e. The van der Waals surface area contributed by atoms with E-state index in [4.69, 9.17) is 4.74 Å². The van der Waals surface area contributed by atoms with Gasteiger partial charge in [0.1, 0.15) is 11.9 Å². The summed E-state index contributed by atoms with van der Waals surface area (Å²) in [4.78, 5) is 28.5. The van der Waals surface area contributed by atoms with E-state index < -0.39 is 0 Å². The lowest BCUT2D eigenvalue weighted by Gasteiger charge is -2.46. The van der Waals surface area contributed by atoms with Crippen molar-refractivity contribution in [3.63, 3.8) is 0 Å². The molecule has 156 valence electrons. The number of fused-ring (bicyclic) bond motifs is 1. The molecule has 0 spiro atoms. The molecule has 0 radical (unpaired) electrons. The van der Waals surface area contributed by atoms with Crippen molar-refractivity contribution in [3.8, 4) is 5.75 Å². The van der Waals surface area contributed by atoms with Gasteiger partial charge >= 0.3 is 0 Å². The molecule has 0 bridgehead atoms. The molecule has 0 aromatic heterocycles. The van der Waals surface area contributed by atoms with Gasteiger partial charge in [-0.3, -0.25) is 24.7 Å². The molecule has 1 aliphatic carbocycles. The number of carbonyl (C=O) groups excluding carboxylic acids is 2. The first-order valence-corrected chi connectivity index (χ1v) is 11.2. The van der Waals surface area contributed by atoms with Crippen LogP contribution < -0.4 is 10.1 Å². The van der Waals surface area contributed by atoms with Crippen LogP contribution in [-0.4, -0.2) is 52.4 Å². The number of likely N-dealkylation sites (tertiary alicyclic amines) is 1. The van der Waals surface area contributed by atoms with Gasteiger partial charge in [0.05, 0.1) is 6.04 Å². The highest BCUT2D eigenvalue weighted by molar-refractivity contribution is 6.00. The highest BCUT2D eigenvalue weighted by atomic mass is 16.5. The highest BCUT2D eigenvalue weighted by Gasteiger charge is 2.36. The summed E-state index contributed by atoms with van der Waals surface area (Å²) in [7, 11) is 0. The Bertz CT molecular complexity index is 805. The Balaban J connectivity index is 1.22. The lowest BCUT2D eigenvalue weighted by atomic mass is 9.87. The van der Waals surface area contributed by atoms with E-state index >= 15 is 0 Å². The molecular formula is C23H31N3O3. The molecule has 1 aromatic rings. The topological polar surface area (TPSA) is 61.9 Å². The molecule has 5 rings (SSSR count). The van der Waals surface area contributed by atoms with Crippen molar-refractivity contribution in [1.82, 2.24) is 15.1 Å². The van der Waals surface area contributed by atoms with Crippen LogP contribution in [-0.2, 0) is 22.7 Å².